The summed E-state index contributed by atoms with van der Waals surface area (Å²) in [7, 11) is 0. The fourth-order valence-electron chi connectivity index (χ4n) is 3.05. The number of aliphatic hydroxyl groups excluding tert-OH is 1. The van der Waals surface area contributed by atoms with Gasteiger partial charge < -0.3 is 9.84 Å². The Morgan fingerprint density at radius 3 is 2.21 bits per heavy atom. The second kappa shape index (κ2) is 4.63. The summed E-state index contributed by atoms with van der Waals surface area (Å²) in [5.74, 6) is 0. The Bertz CT molecular complexity index is 171. The summed E-state index contributed by atoms with van der Waals surface area (Å²) < 4.78 is 5.23. The van der Waals surface area contributed by atoms with E-state index in [4.69, 9.17) is 4.74 Å². The number of ether oxygens (including phenoxy) is 1. The zero-order valence-electron chi connectivity index (χ0n) is 9.00. The van der Waals surface area contributed by atoms with Crippen molar-refractivity contribution in [2.75, 3.05) is 6.61 Å². The summed E-state index contributed by atoms with van der Waals surface area (Å²) in [4.78, 5) is 0. The van der Waals surface area contributed by atoms with Crippen molar-refractivity contribution in [3.8, 4) is 0 Å². The van der Waals surface area contributed by atoms with Gasteiger partial charge in [0.2, 0.25) is 0 Å². The van der Waals surface area contributed by atoms with Gasteiger partial charge in [0, 0.05) is 6.42 Å². The van der Waals surface area contributed by atoms with Crippen molar-refractivity contribution in [3.63, 3.8) is 0 Å². The van der Waals surface area contributed by atoms with E-state index in [1.54, 1.807) is 0 Å². The lowest BCUT2D eigenvalue weighted by Gasteiger charge is -2.40. The monoisotopic (exact) mass is 198 g/mol. The Morgan fingerprint density at radius 2 is 1.57 bits per heavy atom. The van der Waals surface area contributed by atoms with Crippen molar-refractivity contribution in [1.29, 1.82) is 0 Å². The molecule has 2 nitrogen and oxygen atoms in total. The molecule has 2 aliphatic rings. The van der Waals surface area contributed by atoms with Gasteiger partial charge in [-0.3, -0.25) is 0 Å². The minimum Gasteiger partial charge on any atom is -0.368 e. The van der Waals surface area contributed by atoms with Gasteiger partial charge in [0.1, 0.15) is 0 Å². The van der Waals surface area contributed by atoms with E-state index >= 15 is 0 Å². The molecule has 2 heteroatoms. The molecule has 1 spiro atoms. The number of hydrogen-bond donors (Lipinski definition) is 1. The molecule has 14 heavy (non-hydrogen) atoms. The minimum absolute atomic E-state index is 0.429. The molecule has 82 valence electrons. The first-order chi connectivity index (χ1) is 6.81. The molecule has 1 unspecified atom stereocenters. The van der Waals surface area contributed by atoms with Crippen LogP contribution in [-0.4, -0.2) is 18.0 Å². The van der Waals surface area contributed by atoms with Crippen LogP contribution in [0.3, 0.4) is 0 Å². The number of rotatable bonds is 0. The topological polar surface area (TPSA) is 29.5 Å². The average Bonchev–Trinajstić information content (AvgIpc) is 2.12. The number of aliphatic hydroxyl groups is 1. The molecule has 1 atom stereocenters. The van der Waals surface area contributed by atoms with Crippen molar-refractivity contribution < 1.29 is 9.84 Å². The van der Waals surface area contributed by atoms with Gasteiger partial charge in [-0.25, -0.2) is 0 Å². The molecular weight excluding hydrogens is 176 g/mol. The average molecular weight is 198 g/mol. The second-order valence-electron chi connectivity index (χ2n) is 5.05. The van der Waals surface area contributed by atoms with Crippen LogP contribution in [0.25, 0.3) is 0 Å². The van der Waals surface area contributed by atoms with Crippen LogP contribution >= 0.6 is 0 Å². The van der Waals surface area contributed by atoms with E-state index in [1.165, 1.54) is 51.4 Å². The molecule has 2 rings (SSSR count). The van der Waals surface area contributed by atoms with Gasteiger partial charge in [-0.1, -0.05) is 32.1 Å². The molecule has 0 aromatic heterocycles. The van der Waals surface area contributed by atoms with Crippen molar-refractivity contribution in [1.82, 2.24) is 0 Å². The fraction of sp³-hybridized carbons (Fsp3) is 1.00. The van der Waals surface area contributed by atoms with Crippen molar-refractivity contribution >= 4 is 0 Å². The molecule has 0 amide bonds. The lowest BCUT2D eigenvalue weighted by atomic mass is 9.71. The molecule has 1 saturated carbocycles. The van der Waals surface area contributed by atoms with E-state index in [9.17, 15) is 5.11 Å². The first-order valence-corrected chi connectivity index (χ1v) is 6.11. The van der Waals surface area contributed by atoms with Crippen molar-refractivity contribution in [2.24, 2.45) is 5.41 Å². The molecule has 0 radical (unpaired) electrons. The van der Waals surface area contributed by atoms with E-state index in [0.717, 1.165) is 13.0 Å². The summed E-state index contributed by atoms with van der Waals surface area (Å²) >= 11 is 0. The van der Waals surface area contributed by atoms with E-state index in [0.29, 0.717) is 5.41 Å². The van der Waals surface area contributed by atoms with Gasteiger partial charge in [-0.15, -0.1) is 0 Å². The highest BCUT2D eigenvalue weighted by atomic mass is 16.6. The van der Waals surface area contributed by atoms with E-state index < -0.39 is 6.29 Å². The summed E-state index contributed by atoms with van der Waals surface area (Å²) in [6, 6.07) is 0. The molecular formula is C12H22O2. The van der Waals surface area contributed by atoms with Crippen LogP contribution in [0.4, 0.5) is 0 Å². The van der Waals surface area contributed by atoms with Crippen molar-refractivity contribution in [3.05, 3.63) is 0 Å². The highest BCUT2D eigenvalue weighted by Gasteiger charge is 2.35. The largest absolute Gasteiger partial charge is 0.368 e. The third kappa shape index (κ3) is 2.48. The zero-order chi connectivity index (χ0) is 9.86. The normalized spacial score (nSPS) is 33.6. The van der Waals surface area contributed by atoms with Crippen LogP contribution < -0.4 is 0 Å². The van der Waals surface area contributed by atoms with Gasteiger partial charge in [0.25, 0.3) is 0 Å². The standard InChI is InChI=1S/C12H22O2/c13-11-10-12(8-9-14-11)6-4-2-1-3-5-7-12/h11,13H,1-10H2. The van der Waals surface area contributed by atoms with Crippen LogP contribution in [0.5, 0.6) is 0 Å². The van der Waals surface area contributed by atoms with Crippen LogP contribution in [0.2, 0.25) is 0 Å². The van der Waals surface area contributed by atoms with Gasteiger partial charge in [-0.05, 0) is 24.7 Å². The number of hydrogen-bond acceptors (Lipinski definition) is 2. The Morgan fingerprint density at radius 1 is 0.929 bits per heavy atom. The van der Waals surface area contributed by atoms with Crippen molar-refractivity contribution in [2.45, 2.75) is 64.1 Å². The zero-order valence-corrected chi connectivity index (χ0v) is 9.00. The minimum atomic E-state index is -0.483. The summed E-state index contributed by atoms with van der Waals surface area (Å²) in [5, 5.41) is 9.57. The van der Waals surface area contributed by atoms with Crippen LogP contribution in [0.15, 0.2) is 0 Å². The molecule has 0 aromatic carbocycles. The Hall–Kier alpha value is -0.0800. The third-order valence-electron chi connectivity index (χ3n) is 3.96. The Kier molecular flexibility index (Phi) is 3.45. The Labute approximate surface area is 86.6 Å². The molecule has 2 fully saturated rings. The van der Waals surface area contributed by atoms with Crippen LogP contribution in [0, 0.1) is 5.41 Å². The SMILES string of the molecule is OC1CC2(CCCCCCC2)CCO1. The molecule has 0 bridgehead atoms. The Balaban J connectivity index is 1.95. The second-order valence-corrected chi connectivity index (χ2v) is 5.05. The highest BCUT2D eigenvalue weighted by molar-refractivity contribution is 4.84. The third-order valence-corrected chi connectivity index (χ3v) is 3.96. The highest BCUT2D eigenvalue weighted by Crippen LogP contribution is 2.43. The summed E-state index contributed by atoms with van der Waals surface area (Å²) in [6.07, 6.45) is 11.1. The molecule has 1 aliphatic heterocycles. The molecule has 1 aliphatic carbocycles. The van der Waals surface area contributed by atoms with E-state index in [-0.39, 0.29) is 0 Å². The fourth-order valence-corrected chi connectivity index (χ4v) is 3.05. The first-order valence-electron chi connectivity index (χ1n) is 6.11. The predicted molar refractivity (Wildman–Crippen MR) is 55.9 cm³/mol. The lowest BCUT2D eigenvalue weighted by molar-refractivity contribution is -0.165. The van der Waals surface area contributed by atoms with Gasteiger partial charge in [-0.2, -0.15) is 0 Å². The van der Waals surface area contributed by atoms with Gasteiger partial charge in [0.05, 0.1) is 6.61 Å². The predicted octanol–water partition coefficient (Wildman–Crippen LogP) is 2.85. The maximum absolute atomic E-state index is 9.57. The molecule has 0 aromatic rings. The summed E-state index contributed by atoms with van der Waals surface area (Å²) in [5.41, 5.74) is 0.429. The maximum atomic E-state index is 9.57. The lowest BCUT2D eigenvalue weighted by Crippen LogP contribution is -2.35. The molecule has 1 heterocycles. The van der Waals surface area contributed by atoms with E-state index in [2.05, 4.69) is 0 Å². The van der Waals surface area contributed by atoms with Crippen LogP contribution in [-0.2, 0) is 4.74 Å². The smallest absolute Gasteiger partial charge is 0.155 e. The molecule has 1 saturated heterocycles. The van der Waals surface area contributed by atoms with E-state index in [1.807, 2.05) is 0 Å². The van der Waals surface area contributed by atoms with Gasteiger partial charge in [0.15, 0.2) is 6.29 Å². The summed E-state index contributed by atoms with van der Waals surface area (Å²) in [6.45, 7) is 0.765. The van der Waals surface area contributed by atoms with Crippen LogP contribution in [0.1, 0.15) is 57.8 Å². The first kappa shape index (κ1) is 10.4. The quantitative estimate of drug-likeness (QED) is 0.648. The maximum Gasteiger partial charge on any atom is 0.155 e. The molecule has 1 N–H and O–H groups in total. The van der Waals surface area contributed by atoms with Gasteiger partial charge >= 0.3 is 0 Å².